The van der Waals surface area contributed by atoms with E-state index in [0.717, 1.165) is 0 Å². The molecule has 24 heavy (non-hydrogen) atoms. The van der Waals surface area contributed by atoms with Crippen molar-refractivity contribution in [3.05, 3.63) is 46.8 Å². The SMILES string of the molecule is COC(=O)c1c(N)c(C#N)cn1-c1cc(C(C)=O)cc(C(C)=O)c1. The van der Waals surface area contributed by atoms with Gasteiger partial charge in [-0.05, 0) is 32.0 Å². The van der Waals surface area contributed by atoms with E-state index >= 15 is 0 Å². The maximum atomic E-state index is 12.0. The summed E-state index contributed by atoms with van der Waals surface area (Å²) in [6, 6.07) is 6.40. The van der Waals surface area contributed by atoms with Crippen molar-refractivity contribution in [3.8, 4) is 11.8 Å². The summed E-state index contributed by atoms with van der Waals surface area (Å²) in [5, 5.41) is 9.14. The van der Waals surface area contributed by atoms with E-state index in [9.17, 15) is 14.4 Å². The molecule has 7 nitrogen and oxygen atoms in total. The molecule has 0 saturated heterocycles. The van der Waals surface area contributed by atoms with Crippen LogP contribution in [0.4, 0.5) is 5.69 Å². The average molecular weight is 325 g/mol. The summed E-state index contributed by atoms with van der Waals surface area (Å²) in [6.45, 7) is 2.74. The Labute approximate surface area is 138 Å². The highest BCUT2D eigenvalue weighted by atomic mass is 16.5. The predicted molar refractivity (Wildman–Crippen MR) is 86.2 cm³/mol. The monoisotopic (exact) mass is 325 g/mol. The maximum Gasteiger partial charge on any atom is 0.357 e. The van der Waals surface area contributed by atoms with Crippen LogP contribution in [0.3, 0.4) is 0 Å². The van der Waals surface area contributed by atoms with Gasteiger partial charge >= 0.3 is 5.97 Å². The lowest BCUT2D eigenvalue weighted by Gasteiger charge is -2.11. The van der Waals surface area contributed by atoms with Gasteiger partial charge in [0.15, 0.2) is 17.3 Å². The molecule has 0 unspecified atom stereocenters. The largest absolute Gasteiger partial charge is 0.464 e. The predicted octanol–water partition coefficient (Wildman–Crippen LogP) is 2.12. The Morgan fingerprint density at radius 2 is 1.67 bits per heavy atom. The number of hydrogen-bond donors (Lipinski definition) is 1. The van der Waals surface area contributed by atoms with Crippen LogP contribution in [-0.2, 0) is 4.74 Å². The second-order valence-electron chi connectivity index (χ2n) is 5.16. The molecule has 7 heteroatoms. The lowest BCUT2D eigenvalue weighted by Crippen LogP contribution is -2.12. The van der Waals surface area contributed by atoms with Gasteiger partial charge in [0, 0.05) is 23.0 Å². The minimum Gasteiger partial charge on any atom is -0.464 e. The molecule has 122 valence electrons. The summed E-state index contributed by atoms with van der Waals surface area (Å²) in [5.41, 5.74) is 6.85. The van der Waals surface area contributed by atoms with Gasteiger partial charge in [0.2, 0.25) is 0 Å². The molecular weight excluding hydrogens is 310 g/mol. The number of nitrogens with two attached hydrogens (primary N) is 1. The Bertz CT molecular complexity index is 871. The van der Waals surface area contributed by atoms with E-state index in [1.165, 1.54) is 49.9 Å². The fraction of sp³-hybridized carbons (Fsp3) is 0.176. The van der Waals surface area contributed by atoms with E-state index in [-0.39, 0.29) is 28.5 Å². The molecule has 0 aliphatic rings. The number of nitrogen functional groups attached to an aromatic ring is 1. The molecule has 2 aromatic rings. The molecular formula is C17H15N3O4. The van der Waals surface area contributed by atoms with Crippen molar-refractivity contribution in [2.75, 3.05) is 12.8 Å². The van der Waals surface area contributed by atoms with Gasteiger partial charge in [0.1, 0.15) is 6.07 Å². The first kappa shape index (κ1) is 17.0. The number of anilines is 1. The number of carbonyl (C=O) groups excluding carboxylic acids is 3. The van der Waals surface area contributed by atoms with E-state index in [1.54, 1.807) is 0 Å². The molecule has 0 atom stereocenters. The molecule has 1 aromatic heterocycles. The number of methoxy groups -OCH3 is 1. The molecule has 0 amide bonds. The fourth-order valence-corrected chi connectivity index (χ4v) is 2.28. The van der Waals surface area contributed by atoms with Crippen LogP contribution in [0.2, 0.25) is 0 Å². The second kappa shape index (κ2) is 6.38. The third kappa shape index (κ3) is 2.90. The van der Waals surface area contributed by atoms with Crippen LogP contribution in [-0.4, -0.2) is 29.2 Å². The number of benzene rings is 1. The van der Waals surface area contributed by atoms with Gasteiger partial charge in [-0.3, -0.25) is 9.59 Å². The minimum absolute atomic E-state index is 0.0260. The van der Waals surface area contributed by atoms with E-state index in [0.29, 0.717) is 16.8 Å². The summed E-state index contributed by atoms with van der Waals surface area (Å²) in [7, 11) is 1.19. The zero-order valence-electron chi connectivity index (χ0n) is 13.4. The van der Waals surface area contributed by atoms with Crippen LogP contribution in [0, 0.1) is 11.3 Å². The van der Waals surface area contributed by atoms with Gasteiger partial charge in [-0.2, -0.15) is 5.26 Å². The Kier molecular flexibility index (Phi) is 4.51. The first-order chi connectivity index (χ1) is 11.3. The van der Waals surface area contributed by atoms with Crippen molar-refractivity contribution in [2.45, 2.75) is 13.8 Å². The van der Waals surface area contributed by atoms with Crippen molar-refractivity contribution in [3.63, 3.8) is 0 Å². The van der Waals surface area contributed by atoms with E-state index in [1.807, 2.05) is 6.07 Å². The molecule has 0 aliphatic carbocycles. The number of hydrogen-bond acceptors (Lipinski definition) is 6. The first-order valence-electron chi connectivity index (χ1n) is 6.96. The third-order valence-corrected chi connectivity index (χ3v) is 3.55. The van der Waals surface area contributed by atoms with Gasteiger partial charge in [0.05, 0.1) is 18.4 Å². The van der Waals surface area contributed by atoms with Crippen LogP contribution < -0.4 is 5.73 Å². The molecule has 1 heterocycles. The molecule has 0 aliphatic heterocycles. The van der Waals surface area contributed by atoms with Crippen molar-refractivity contribution >= 4 is 23.2 Å². The Morgan fingerprint density at radius 1 is 1.12 bits per heavy atom. The lowest BCUT2D eigenvalue weighted by atomic mass is 10.0. The maximum absolute atomic E-state index is 12.0. The number of esters is 1. The molecule has 0 spiro atoms. The number of ether oxygens (including phenoxy) is 1. The van der Waals surface area contributed by atoms with Crippen molar-refractivity contribution in [1.29, 1.82) is 5.26 Å². The van der Waals surface area contributed by atoms with Crippen LogP contribution in [0.5, 0.6) is 0 Å². The Balaban J connectivity index is 2.81. The average Bonchev–Trinajstić information content (AvgIpc) is 2.90. The number of ketones is 2. The highest BCUT2D eigenvalue weighted by molar-refractivity contribution is 6.01. The fourth-order valence-electron chi connectivity index (χ4n) is 2.28. The smallest absolute Gasteiger partial charge is 0.357 e. The standard InChI is InChI=1S/C17H15N3O4/c1-9(21)11-4-12(10(2)22)6-14(5-11)20-8-13(7-18)15(19)16(20)17(23)24-3/h4-6,8H,19H2,1-3H3. The summed E-state index contributed by atoms with van der Waals surface area (Å²) >= 11 is 0. The summed E-state index contributed by atoms with van der Waals surface area (Å²) < 4.78 is 6.06. The number of nitrogens with zero attached hydrogens (tertiary/aromatic N) is 2. The molecule has 0 fully saturated rings. The molecule has 1 aromatic carbocycles. The normalized spacial score (nSPS) is 10.1. The first-order valence-corrected chi connectivity index (χ1v) is 6.96. The van der Waals surface area contributed by atoms with Gasteiger partial charge in [-0.1, -0.05) is 0 Å². The van der Waals surface area contributed by atoms with Crippen molar-refractivity contribution < 1.29 is 19.1 Å². The minimum atomic E-state index is -0.730. The van der Waals surface area contributed by atoms with Crippen molar-refractivity contribution in [1.82, 2.24) is 4.57 Å². The zero-order chi connectivity index (χ0) is 18.0. The second-order valence-corrected chi connectivity index (χ2v) is 5.16. The van der Waals surface area contributed by atoms with Gasteiger partial charge < -0.3 is 15.0 Å². The van der Waals surface area contributed by atoms with E-state index < -0.39 is 5.97 Å². The van der Waals surface area contributed by atoms with Crippen molar-refractivity contribution in [2.24, 2.45) is 0 Å². The van der Waals surface area contributed by atoms with Gasteiger partial charge in [-0.15, -0.1) is 0 Å². The quantitative estimate of drug-likeness (QED) is 0.680. The van der Waals surface area contributed by atoms with Crippen LogP contribution in [0.25, 0.3) is 5.69 Å². The number of nitriles is 1. The molecule has 0 radical (unpaired) electrons. The van der Waals surface area contributed by atoms with E-state index in [2.05, 4.69) is 0 Å². The van der Waals surface area contributed by atoms with Crippen LogP contribution in [0.15, 0.2) is 24.4 Å². The Morgan fingerprint density at radius 3 is 2.08 bits per heavy atom. The van der Waals surface area contributed by atoms with Crippen LogP contribution in [0.1, 0.15) is 50.6 Å². The number of carbonyl (C=O) groups is 3. The lowest BCUT2D eigenvalue weighted by molar-refractivity contribution is 0.0592. The topological polar surface area (TPSA) is 115 Å². The summed E-state index contributed by atoms with van der Waals surface area (Å²) in [6.07, 6.45) is 1.37. The third-order valence-electron chi connectivity index (χ3n) is 3.55. The highest BCUT2D eigenvalue weighted by Crippen LogP contribution is 2.26. The summed E-state index contributed by atoms with van der Waals surface area (Å²) in [5.74, 6) is -1.20. The number of Topliss-reactive ketones (excluding diaryl/α,β-unsaturated/α-hetero) is 2. The molecule has 2 N–H and O–H groups in total. The van der Waals surface area contributed by atoms with Crippen LogP contribution >= 0.6 is 0 Å². The molecule has 0 bridgehead atoms. The Hall–Kier alpha value is -3.40. The number of rotatable bonds is 4. The van der Waals surface area contributed by atoms with Gasteiger partial charge in [-0.25, -0.2) is 4.79 Å². The summed E-state index contributed by atoms with van der Waals surface area (Å²) in [4.78, 5) is 35.5. The number of aromatic nitrogens is 1. The highest BCUT2D eigenvalue weighted by Gasteiger charge is 2.22. The molecule has 0 saturated carbocycles. The molecule has 2 rings (SSSR count). The van der Waals surface area contributed by atoms with Gasteiger partial charge in [0.25, 0.3) is 0 Å². The van der Waals surface area contributed by atoms with E-state index in [4.69, 9.17) is 15.7 Å². The zero-order valence-corrected chi connectivity index (χ0v) is 13.4.